The predicted octanol–water partition coefficient (Wildman–Crippen LogP) is 2.71. The number of rotatable bonds is 4. The second-order valence-electron chi connectivity index (χ2n) is 4.19. The van der Waals surface area contributed by atoms with Gasteiger partial charge >= 0.3 is 0 Å². The van der Waals surface area contributed by atoms with Crippen molar-refractivity contribution >= 4 is 38.7 Å². The van der Waals surface area contributed by atoms with Crippen molar-refractivity contribution in [2.45, 2.75) is 4.90 Å². The largest absolute Gasteiger partial charge is 0.398 e. The Hall–Kier alpha value is -1.83. The van der Waals surface area contributed by atoms with Gasteiger partial charge in [-0.1, -0.05) is 17.7 Å². The molecule has 5 nitrogen and oxygen atoms in total. The SMILES string of the molecule is CNS(=O)(=O)c1ccc(Nc2cccc(Cl)c2F)cc1N. The van der Waals surface area contributed by atoms with Crippen LogP contribution < -0.4 is 15.8 Å². The van der Waals surface area contributed by atoms with Gasteiger partial charge in [0.15, 0.2) is 5.82 Å². The molecule has 0 unspecified atom stereocenters. The van der Waals surface area contributed by atoms with E-state index in [0.29, 0.717) is 5.69 Å². The Labute approximate surface area is 127 Å². The molecule has 2 rings (SSSR count). The van der Waals surface area contributed by atoms with Crippen LogP contribution in [-0.4, -0.2) is 15.5 Å². The lowest BCUT2D eigenvalue weighted by Crippen LogP contribution is -2.19. The van der Waals surface area contributed by atoms with E-state index in [9.17, 15) is 12.8 Å². The van der Waals surface area contributed by atoms with Gasteiger partial charge < -0.3 is 11.1 Å². The first-order chi connectivity index (χ1) is 9.85. The van der Waals surface area contributed by atoms with E-state index in [1.165, 1.54) is 37.4 Å². The van der Waals surface area contributed by atoms with Crippen LogP contribution in [0, 0.1) is 5.82 Å². The molecule has 0 aromatic heterocycles. The molecule has 0 spiro atoms. The van der Waals surface area contributed by atoms with Crippen LogP contribution >= 0.6 is 11.6 Å². The molecule has 0 aliphatic heterocycles. The lowest BCUT2D eigenvalue weighted by Gasteiger charge is -2.11. The third kappa shape index (κ3) is 3.26. The van der Waals surface area contributed by atoms with Crippen LogP contribution in [0.3, 0.4) is 0 Å². The van der Waals surface area contributed by atoms with E-state index in [2.05, 4.69) is 10.0 Å². The van der Waals surface area contributed by atoms with Crippen molar-refractivity contribution in [3.63, 3.8) is 0 Å². The summed E-state index contributed by atoms with van der Waals surface area (Å²) in [5, 5.41) is 2.78. The summed E-state index contributed by atoms with van der Waals surface area (Å²) in [5.41, 5.74) is 6.40. The van der Waals surface area contributed by atoms with Gasteiger partial charge in [-0.15, -0.1) is 0 Å². The average Bonchev–Trinajstić information content (AvgIpc) is 2.44. The van der Waals surface area contributed by atoms with E-state index >= 15 is 0 Å². The zero-order valence-electron chi connectivity index (χ0n) is 11.0. The maximum absolute atomic E-state index is 13.8. The van der Waals surface area contributed by atoms with Crippen LogP contribution in [0.15, 0.2) is 41.3 Å². The number of sulfonamides is 1. The predicted molar refractivity (Wildman–Crippen MR) is 81.8 cm³/mol. The average molecular weight is 330 g/mol. The smallest absolute Gasteiger partial charge is 0.242 e. The first kappa shape index (κ1) is 15.6. The molecule has 0 aliphatic rings. The van der Waals surface area contributed by atoms with Gasteiger partial charge in [0.2, 0.25) is 10.0 Å². The second-order valence-corrected chi connectivity index (χ2v) is 6.45. The number of nitrogen functional groups attached to an aromatic ring is 1. The molecule has 2 aromatic carbocycles. The number of hydrogen-bond acceptors (Lipinski definition) is 4. The molecule has 0 fully saturated rings. The molecule has 8 heteroatoms. The molecule has 0 saturated heterocycles. The second kappa shape index (κ2) is 5.88. The molecule has 0 radical (unpaired) electrons. The molecule has 21 heavy (non-hydrogen) atoms. The highest BCUT2D eigenvalue weighted by molar-refractivity contribution is 7.89. The van der Waals surface area contributed by atoms with Gasteiger partial charge in [0.05, 0.1) is 16.4 Å². The summed E-state index contributed by atoms with van der Waals surface area (Å²) in [7, 11) is -2.34. The van der Waals surface area contributed by atoms with E-state index in [0.717, 1.165) is 0 Å². The molecule has 4 N–H and O–H groups in total. The quantitative estimate of drug-likeness (QED) is 0.753. The Morgan fingerprint density at radius 3 is 2.57 bits per heavy atom. The summed E-state index contributed by atoms with van der Waals surface area (Å²) in [5.74, 6) is -0.593. The monoisotopic (exact) mass is 329 g/mol. The third-order valence-corrected chi connectivity index (χ3v) is 4.58. The van der Waals surface area contributed by atoms with Gasteiger partial charge in [-0.3, -0.25) is 0 Å². The molecule has 0 amide bonds. The molecule has 0 heterocycles. The maximum Gasteiger partial charge on any atom is 0.242 e. The van der Waals surface area contributed by atoms with Crippen molar-refractivity contribution in [3.8, 4) is 0 Å². The van der Waals surface area contributed by atoms with Gasteiger partial charge in [-0.2, -0.15) is 0 Å². The van der Waals surface area contributed by atoms with Crippen molar-refractivity contribution in [3.05, 3.63) is 47.2 Å². The van der Waals surface area contributed by atoms with Crippen LogP contribution in [0.5, 0.6) is 0 Å². The van der Waals surface area contributed by atoms with Crippen molar-refractivity contribution in [2.24, 2.45) is 0 Å². The summed E-state index contributed by atoms with van der Waals surface area (Å²) < 4.78 is 39.4. The first-order valence-electron chi connectivity index (χ1n) is 5.89. The van der Waals surface area contributed by atoms with Crippen molar-refractivity contribution in [2.75, 3.05) is 18.1 Å². The highest BCUT2D eigenvalue weighted by atomic mass is 35.5. The van der Waals surface area contributed by atoms with Gasteiger partial charge in [0.1, 0.15) is 4.90 Å². The van der Waals surface area contributed by atoms with E-state index in [-0.39, 0.29) is 21.3 Å². The number of benzene rings is 2. The lowest BCUT2D eigenvalue weighted by atomic mass is 10.2. The molecule has 0 saturated carbocycles. The molecule has 0 atom stereocenters. The summed E-state index contributed by atoms with van der Waals surface area (Å²) >= 11 is 5.69. The molecule has 2 aromatic rings. The van der Waals surface area contributed by atoms with E-state index in [1.807, 2.05) is 0 Å². The van der Waals surface area contributed by atoms with Crippen LogP contribution in [0.25, 0.3) is 0 Å². The molecule has 0 aliphatic carbocycles. The van der Waals surface area contributed by atoms with Crippen LogP contribution in [0.4, 0.5) is 21.5 Å². The van der Waals surface area contributed by atoms with Gasteiger partial charge in [-0.25, -0.2) is 17.5 Å². The summed E-state index contributed by atoms with van der Waals surface area (Å²) in [6.07, 6.45) is 0. The number of nitrogens with one attached hydrogen (secondary N) is 2. The fourth-order valence-corrected chi connectivity index (χ4v) is 2.75. The Morgan fingerprint density at radius 2 is 1.95 bits per heavy atom. The van der Waals surface area contributed by atoms with E-state index in [1.54, 1.807) is 6.07 Å². The van der Waals surface area contributed by atoms with Crippen molar-refractivity contribution < 1.29 is 12.8 Å². The Bertz CT molecular complexity index is 781. The number of halogens is 2. The molecule has 112 valence electrons. The highest BCUT2D eigenvalue weighted by Crippen LogP contribution is 2.28. The third-order valence-electron chi connectivity index (χ3n) is 2.80. The molecular weight excluding hydrogens is 317 g/mol. The molecular formula is C13H13ClFN3O2S. The minimum atomic E-state index is -3.63. The van der Waals surface area contributed by atoms with Crippen molar-refractivity contribution in [1.29, 1.82) is 0 Å². The zero-order valence-corrected chi connectivity index (χ0v) is 12.6. The van der Waals surface area contributed by atoms with Gasteiger partial charge in [-0.05, 0) is 37.4 Å². The minimum absolute atomic E-state index is 0.0117. The summed E-state index contributed by atoms with van der Waals surface area (Å²) in [6.45, 7) is 0. The highest BCUT2D eigenvalue weighted by Gasteiger charge is 2.15. The fraction of sp³-hybridized carbons (Fsp3) is 0.0769. The Morgan fingerprint density at radius 1 is 1.24 bits per heavy atom. The van der Waals surface area contributed by atoms with Crippen molar-refractivity contribution in [1.82, 2.24) is 4.72 Å². The van der Waals surface area contributed by atoms with Crippen LogP contribution in [0.2, 0.25) is 5.02 Å². The Kier molecular flexibility index (Phi) is 4.36. The Balaban J connectivity index is 2.36. The number of nitrogens with two attached hydrogens (primary N) is 1. The molecule has 0 bridgehead atoms. The maximum atomic E-state index is 13.8. The van der Waals surface area contributed by atoms with E-state index < -0.39 is 15.8 Å². The number of hydrogen-bond donors (Lipinski definition) is 3. The topological polar surface area (TPSA) is 84.2 Å². The summed E-state index contributed by atoms with van der Waals surface area (Å²) in [4.78, 5) is -0.0397. The first-order valence-corrected chi connectivity index (χ1v) is 7.75. The van der Waals surface area contributed by atoms with Gasteiger partial charge in [0, 0.05) is 5.69 Å². The van der Waals surface area contributed by atoms with Gasteiger partial charge in [0.25, 0.3) is 0 Å². The minimum Gasteiger partial charge on any atom is -0.398 e. The zero-order chi connectivity index (χ0) is 15.6. The van der Waals surface area contributed by atoms with E-state index in [4.69, 9.17) is 17.3 Å². The van der Waals surface area contributed by atoms with Crippen LogP contribution in [-0.2, 0) is 10.0 Å². The summed E-state index contributed by atoms with van der Waals surface area (Å²) in [6, 6.07) is 8.77. The lowest BCUT2D eigenvalue weighted by molar-refractivity contribution is 0.588. The van der Waals surface area contributed by atoms with Crippen LogP contribution in [0.1, 0.15) is 0 Å². The number of anilines is 3. The standard InChI is InChI=1S/C13H13ClFN3O2S/c1-17-21(19,20)12-6-5-8(7-10(12)16)18-11-4-2-3-9(14)13(11)15/h2-7,17-18H,16H2,1H3. The normalized spacial score (nSPS) is 11.4. The fourth-order valence-electron chi connectivity index (χ4n) is 1.74.